The summed E-state index contributed by atoms with van der Waals surface area (Å²) in [6.07, 6.45) is -3.57. The Hall–Kier alpha value is -1.74. The Kier molecular flexibility index (Phi) is 4.90. The van der Waals surface area contributed by atoms with Gasteiger partial charge >= 0.3 is 6.36 Å². The van der Waals surface area contributed by atoms with E-state index in [-0.39, 0.29) is 11.5 Å². The molecule has 0 heterocycles. The molecular formula is C14H11BrF3NO3S. The number of nitrogens with one attached hydrogen (secondary N) is 1. The second-order valence-corrected chi connectivity index (χ2v) is 7.63. The molecule has 23 heavy (non-hydrogen) atoms. The Morgan fingerprint density at radius 2 is 1.70 bits per heavy atom. The molecule has 0 saturated heterocycles. The summed E-state index contributed by atoms with van der Waals surface area (Å²) in [4.78, 5) is 0.299. The van der Waals surface area contributed by atoms with Crippen LogP contribution < -0.4 is 9.47 Å². The normalized spacial score (nSPS) is 14.1. The van der Waals surface area contributed by atoms with Gasteiger partial charge in [0.2, 0.25) is 0 Å². The summed E-state index contributed by atoms with van der Waals surface area (Å²) >= 11 is 3.06. The lowest BCUT2D eigenvalue weighted by molar-refractivity contribution is -0.275. The van der Waals surface area contributed by atoms with Gasteiger partial charge < -0.3 is 9.47 Å². The highest BCUT2D eigenvalue weighted by Crippen LogP contribution is 2.37. The standard InChI is InChI=1S/C14H11BrF3NO3S/c1-23(19,20)11-5-3-10(4-6-11)21-12-7-2-9(15)8-13(12)22-14(16,17)18/h2-8,19H,1H3. The van der Waals surface area contributed by atoms with Gasteiger partial charge in [-0.05, 0) is 42.5 Å². The van der Waals surface area contributed by atoms with Crippen LogP contribution in [0.15, 0.2) is 51.8 Å². The first-order valence-corrected chi connectivity index (χ1v) is 8.87. The highest BCUT2D eigenvalue weighted by atomic mass is 79.9. The monoisotopic (exact) mass is 409 g/mol. The molecule has 0 aromatic heterocycles. The van der Waals surface area contributed by atoms with Gasteiger partial charge in [-0.2, -0.15) is 0 Å². The average Bonchev–Trinajstić information content (AvgIpc) is 2.40. The molecule has 2 aromatic rings. The number of ether oxygens (including phenoxy) is 2. The maximum absolute atomic E-state index is 12.4. The molecule has 1 N–H and O–H groups in total. The molecule has 2 rings (SSSR count). The first kappa shape index (κ1) is 17.6. The van der Waals surface area contributed by atoms with E-state index >= 15 is 0 Å². The van der Waals surface area contributed by atoms with Gasteiger partial charge in [0, 0.05) is 15.6 Å². The molecule has 0 bridgehead atoms. The van der Waals surface area contributed by atoms with Crippen LogP contribution in [-0.4, -0.2) is 16.8 Å². The van der Waals surface area contributed by atoms with Gasteiger partial charge in [0.15, 0.2) is 11.5 Å². The van der Waals surface area contributed by atoms with Crippen molar-refractivity contribution in [2.24, 2.45) is 0 Å². The molecule has 0 fully saturated rings. The summed E-state index contributed by atoms with van der Waals surface area (Å²) in [5.74, 6) is -0.385. The van der Waals surface area contributed by atoms with Crippen molar-refractivity contribution in [3.63, 3.8) is 0 Å². The minimum absolute atomic E-state index is 0.124. The van der Waals surface area contributed by atoms with Crippen LogP contribution >= 0.6 is 15.9 Å². The second-order valence-electron chi connectivity index (χ2n) is 4.56. The van der Waals surface area contributed by atoms with E-state index in [0.717, 1.165) is 6.07 Å². The van der Waals surface area contributed by atoms with Crippen molar-refractivity contribution in [3.05, 3.63) is 46.9 Å². The van der Waals surface area contributed by atoms with Gasteiger partial charge in [0.1, 0.15) is 5.75 Å². The predicted molar refractivity (Wildman–Crippen MR) is 82.4 cm³/mol. The number of rotatable bonds is 4. The molecule has 0 radical (unpaired) electrons. The van der Waals surface area contributed by atoms with E-state index in [1.54, 1.807) is 0 Å². The molecule has 4 nitrogen and oxygen atoms in total. The summed E-state index contributed by atoms with van der Waals surface area (Å²) in [6, 6.07) is 9.67. The lowest BCUT2D eigenvalue weighted by atomic mass is 10.3. The summed E-state index contributed by atoms with van der Waals surface area (Å²) in [5.41, 5.74) is 0. The zero-order valence-corrected chi connectivity index (χ0v) is 14.1. The maximum atomic E-state index is 12.4. The number of benzene rings is 2. The molecule has 0 spiro atoms. The lowest BCUT2D eigenvalue weighted by Gasteiger charge is -2.14. The van der Waals surface area contributed by atoms with Crippen LogP contribution in [0.2, 0.25) is 0 Å². The molecule has 0 saturated carbocycles. The van der Waals surface area contributed by atoms with Crippen LogP contribution in [0.4, 0.5) is 13.2 Å². The van der Waals surface area contributed by atoms with Gasteiger partial charge in [-0.1, -0.05) is 15.9 Å². The number of hydrogen-bond acceptors (Lipinski definition) is 4. The molecule has 0 aliphatic rings. The highest BCUT2D eigenvalue weighted by molar-refractivity contribution is 9.10. The topological polar surface area (TPSA) is 59.4 Å². The van der Waals surface area contributed by atoms with Gasteiger partial charge in [-0.15, -0.1) is 13.2 Å². The van der Waals surface area contributed by atoms with Gasteiger partial charge in [-0.3, -0.25) is 0 Å². The van der Waals surface area contributed by atoms with Gasteiger partial charge in [0.25, 0.3) is 0 Å². The quantitative estimate of drug-likeness (QED) is 0.756. The summed E-state index contributed by atoms with van der Waals surface area (Å²) in [7, 11) is -2.87. The zero-order valence-electron chi connectivity index (χ0n) is 11.7. The Bertz CT molecular complexity index is 805. The molecule has 0 amide bonds. The summed E-state index contributed by atoms with van der Waals surface area (Å²) in [5, 5.41) is 0. The van der Waals surface area contributed by atoms with E-state index in [2.05, 4.69) is 20.7 Å². The SMILES string of the molecule is CS(=N)(=O)c1ccc(Oc2ccc(Br)cc2OC(F)(F)F)cc1. The van der Waals surface area contributed by atoms with Crippen LogP contribution in [0, 0.1) is 4.78 Å². The molecule has 2 aromatic carbocycles. The van der Waals surface area contributed by atoms with Crippen molar-refractivity contribution in [3.8, 4) is 17.2 Å². The third-order valence-electron chi connectivity index (χ3n) is 2.63. The van der Waals surface area contributed by atoms with Crippen LogP contribution in [0.25, 0.3) is 0 Å². The number of hydrogen-bond donors (Lipinski definition) is 1. The van der Waals surface area contributed by atoms with Crippen molar-refractivity contribution < 1.29 is 26.9 Å². The molecule has 9 heteroatoms. The zero-order chi connectivity index (χ0) is 17.3. The van der Waals surface area contributed by atoms with Crippen molar-refractivity contribution in [1.29, 1.82) is 4.78 Å². The largest absolute Gasteiger partial charge is 0.573 e. The predicted octanol–water partition coefficient (Wildman–Crippen LogP) is 5.18. The van der Waals surface area contributed by atoms with Gasteiger partial charge in [-0.25, -0.2) is 8.99 Å². The summed E-state index contributed by atoms with van der Waals surface area (Å²) < 4.78 is 66.0. The molecule has 0 aliphatic carbocycles. The first-order chi connectivity index (χ1) is 10.5. The first-order valence-electron chi connectivity index (χ1n) is 6.11. The second kappa shape index (κ2) is 6.40. The third-order valence-corrected chi connectivity index (χ3v) is 4.30. The third kappa shape index (κ3) is 5.14. The Labute approximate surface area is 139 Å². The van der Waals surface area contributed by atoms with Crippen LogP contribution in [-0.2, 0) is 9.73 Å². The number of alkyl halides is 3. The average molecular weight is 410 g/mol. The Morgan fingerprint density at radius 3 is 2.22 bits per heavy atom. The Morgan fingerprint density at radius 1 is 1.09 bits per heavy atom. The van der Waals surface area contributed by atoms with E-state index in [0.29, 0.717) is 9.37 Å². The van der Waals surface area contributed by atoms with Crippen LogP contribution in [0.3, 0.4) is 0 Å². The van der Waals surface area contributed by atoms with E-state index in [9.17, 15) is 17.4 Å². The molecule has 1 atom stereocenters. The molecular weight excluding hydrogens is 399 g/mol. The smallest absolute Gasteiger partial charge is 0.453 e. The van der Waals surface area contributed by atoms with E-state index < -0.39 is 21.8 Å². The van der Waals surface area contributed by atoms with Crippen molar-refractivity contribution >= 4 is 25.7 Å². The van der Waals surface area contributed by atoms with Crippen molar-refractivity contribution in [2.45, 2.75) is 11.3 Å². The van der Waals surface area contributed by atoms with E-state index in [1.165, 1.54) is 42.7 Å². The minimum Gasteiger partial charge on any atom is -0.453 e. The van der Waals surface area contributed by atoms with Gasteiger partial charge in [0.05, 0.1) is 9.73 Å². The molecule has 0 aliphatic heterocycles. The fraction of sp³-hybridized carbons (Fsp3) is 0.143. The molecule has 124 valence electrons. The Balaban J connectivity index is 2.29. The fourth-order valence-electron chi connectivity index (χ4n) is 1.66. The molecule has 1 unspecified atom stereocenters. The number of halogens is 4. The highest BCUT2D eigenvalue weighted by Gasteiger charge is 2.32. The van der Waals surface area contributed by atoms with Crippen LogP contribution in [0.1, 0.15) is 0 Å². The van der Waals surface area contributed by atoms with Crippen molar-refractivity contribution in [2.75, 3.05) is 6.26 Å². The summed E-state index contributed by atoms with van der Waals surface area (Å²) in [6.45, 7) is 0. The van der Waals surface area contributed by atoms with Crippen LogP contribution in [0.5, 0.6) is 17.2 Å². The van der Waals surface area contributed by atoms with E-state index in [4.69, 9.17) is 9.52 Å². The van der Waals surface area contributed by atoms with E-state index in [1.807, 2.05) is 0 Å². The minimum atomic E-state index is -4.85. The maximum Gasteiger partial charge on any atom is 0.573 e. The lowest BCUT2D eigenvalue weighted by Crippen LogP contribution is -2.17. The fourth-order valence-corrected chi connectivity index (χ4v) is 2.66. The van der Waals surface area contributed by atoms with Crippen molar-refractivity contribution in [1.82, 2.24) is 0 Å².